The number of likely N-dealkylation sites (tertiary alicyclic amines) is 1. The molecular formula is C18H25N3O4. The van der Waals surface area contributed by atoms with Crippen molar-refractivity contribution < 1.29 is 19.1 Å². The van der Waals surface area contributed by atoms with Crippen molar-refractivity contribution >= 4 is 23.6 Å². The van der Waals surface area contributed by atoms with Crippen LogP contribution < -0.4 is 11.1 Å². The zero-order chi connectivity index (χ0) is 18.4. The second-order valence-electron chi connectivity index (χ2n) is 6.42. The number of anilines is 1. The highest BCUT2D eigenvalue weighted by molar-refractivity contribution is 5.90. The second kappa shape index (κ2) is 8.50. The summed E-state index contributed by atoms with van der Waals surface area (Å²) in [6, 6.07) is 7.13. The van der Waals surface area contributed by atoms with Crippen molar-refractivity contribution in [2.75, 3.05) is 25.5 Å². The zero-order valence-electron chi connectivity index (χ0n) is 14.7. The zero-order valence-corrected chi connectivity index (χ0v) is 14.7. The number of piperidine rings is 1. The molecule has 0 saturated carbocycles. The number of methoxy groups -OCH3 is 1. The lowest BCUT2D eigenvalue weighted by Gasteiger charge is -2.31. The average molecular weight is 347 g/mol. The summed E-state index contributed by atoms with van der Waals surface area (Å²) in [5.74, 6) is -0.850. The number of amides is 3. The van der Waals surface area contributed by atoms with Crippen LogP contribution in [0.2, 0.25) is 0 Å². The van der Waals surface area contributed by atoms with Crippen LogP contribution in [0.5, 0.6) is 0 Å². The average Bonchev–Trinajstić information content (AvgIpc) is 2.62. The van der Waals surface area contributed by atoms with Gasteiger partial charge < -0.3 is 20.7 Å². The van der Waals surface area contributed by atoms with Crippen LogP contribution in [-0.4, -0.2) is 43.0 Å². The van der Waals surface area contributed by atoms with E-state index in [1.165, 1.54) is 7.11 Å². The molecule has 136 valence electrons. The molecule has 3 N–H and O–H groups in total. The molecule has 25 heavy (non-hydrogen) atoms. The molecule has 0 spiro atoms. The van der Waals surface area contributed by atoms with Crippen molar-refractivity contribution in [3.8, 4) is 0 Å². The van der Waals surface area contributed by atoms with Gasteiger partial charge in [0.1, 0.15) is 0 Å². The van der Waals surface area contributed by atoms with Crippen molar-refractivity contribution in [2.24, 2.45) is 11.7 Å². The molecule has 2 rings (SSSR count). The summed E-state index contributed by atoms with van der Waals surface area (Å²) in [6.45, 7) is 2.92. The van der Waals surface area contributed by atoms with Gasteiger partial charge in [-0.25, -0.2) is 4.79 Å². The maximum Gasteiger partial charge on any atom is 0.321 e. The highest BCUT2D eigenvalue weighted by atomic mass is 16.5. The molecule has 0 aromatic heterocycles. The Hall–Kier alpha value is -2.57. The van der Waals surface area contributed by atoms with Crippen molar-refractivity contribution in [3.63, 3.8) is 0 Å². The number of carbonyl (C=O) groups is 3. The second-order valence-corrected chi connectivity index (χ2v) is 6.42. The third kappa shape index (κ3) is 5.20. The normalized spacial score (nSPS) is 18.3. The number of nitrogens with two attached hydrogens (primary N) is 1. The summed E-state index contributed by atoms with van der Waals surface area (Å²) >= 11 is 0. The van der Waals surface area contributed by atoms with E-state index in [0.717, 1.165) is 18.4 Å². The largest absolute Gasteiger partial charge is 0.469 e. The highest BCUT2D eigenvalue weighted by Crippen LogP contribution is 2.22. The first-order valence-electron chi connectivity index (χ1n) is 8.42. The van der Waals surface area contributed by atoms with Crippen molar-refractivity contribution in [1.29, 1.82) is 0 Å². The lowest BCUT2D eigenvalue weighted by molar-refractivity contribution is -0.141. The maximum absolute atomic E-state index is 12.3. The fourth-order valence-corrected chi connectivity index (χ4v) is 2.94. The standard InChI is InChI=1S/C18H25N3O4/c1-12(10-16(22)25-2)13-5-7-15(8-6-13)20-18(24)21-9-3-4-14(11-21)17(19)23/h5-8,12,14H,3-4,9-11H2,1-2H3,(H2,19,23)(H,20,24)/t12-,14-/m0/s1. The fraction of sp³-hybridized carbons (Fsp3) is 0.500. The highest BCUT2D eigenvalue weighted by Gasteiger charge is 2.27. The smallest absolute Gasteiger partial charge is 0.321 e. The van der Waals surface area contributed by atoms with E-state index in [4.69, 9.17) is 5.73 Å². The summed E-state index contributed by atoms with van der Waals surface area (Å²) in [4.78, 5) is 36.6. The molecule has 1 aliphatic heterocycles. The van der Waals surface area contributed by atoms with Crippen LogP contribution in [0.15, 0.2) is 24.3 Å². The van der Waals surface area contributed by atoms with Gasteiger partial charge >= 0.3 is 12.0 Å². The third-order valence-electron chi connectivity index (χ3n) is 4.54. The van der Waals surface area contributed by atoms with Crippen LogP contribution in [0.4, 0.5) is 10.5 Å². The van der Waals surface area contributed by atoms with E-state index in [1.54, 1.807) is 17.0 Å². The van der Waals surface area contributed by atoms with Crippen LogP contribution in [0.1, 0.15) is 37.7 Å². The van der Waals surface area contributed by atoms with Crippen LogP contribution in [-0.2, 0) is 14.3 Å². The minimum atomic E-state index is -0.360. The van der Waals surface area contributed by atoms with Crippen LogP contribution in [0, 0.1) is 5.92 Å². The van der Waals surface area contributed by atoms with Gasteiger partial charge in [-0.15, -0.1) is 0 Å². The maximum atomic E-state index is 12.3. The van der Waals surface area contributed by atoms with Crippen molar-refractivity contribution in [2.45, 2.75) is 32.1 Å². The number of hydrogen-bond acceptors (Lipinski definition) is 4. The Kier molecular flexibility index (Phi) is 6.38. The van der Waals surface area contributed by atoms with Gasteiger partial charge in [0, 0.05) is 18.8 Å². The molecule has 1 aromatic rings. The molecule has 7 nitrogen and oxygen atoms in total. The predicted molar refractivity (Wildman–Crippen MR) is 94.0 cm³/mol. The molecule has 3 amide bonds. The minimum Gasteiger partial charge on any atom is -0.469 e. The molecular weight excluding hydrogens is 322 g/mol. The Balaban J connectivity index is 1.93. The quantitative estimate of drug-likeness (QED) is 0.796. The number of carbonyl (C=O) groups excluding carboxylic acids is 3. The first-order valence-corrected chi connectivity index (χ1v) is 8.42. The topological polar surface area (TPSA) is 102 Å². The van der Waals surface area contributed by atoms with Gasteiger partial charge in [0.25, 0.3) is 0 Å². The molecule has 0 unspecified atom stereocenters. The Bertz CT molecular complexity index is 630. The number of primary amides is 1. The molecule has 0 radical (unpaired) electrons. The molecule has 1 fully saturated rings. The number of urea groups is 1. The van der Waals surface area contributed by atoms with E-state index in [-0.39, 0.29) is 29.7 Å². The first-order chi connectivity index (χ1) is 11.9. The number of esters is 1. The summed E-state index contributed by atoms with van der Waals surface area (Å²) in [7, 11) is 1.37. The van der Waals surface area contributed by atoms with E-state index in [2.05, 4.69) is 10.1 Å². The molecule has 0 bridgehead atoms. The summed E-state index contributed by atoms with van der Waals surface area (Å²) in [5, 5.41) is 2.83. The molecule has 0 aliphatic carbocycles. The summed E-state index contributed by atoms with van der Waals surface area (Å²) in [5.41, 5.74) is 7.00. The Labute approximate surface area is 147 Å². The molecule has 1 aromatic carbocycles. The number of benzene rings is 1. The van der Waals surface area contributed by atoms with E-state index in [0.29, 0.717) is 25.2 Å². The fourth-order valence-electron chi connectivity index (χ4n) is 2.94. The van der Waals surface area contributed by atoms with Crippen molar-refractivity contribution in [3.05, 3.63) is 29.8 Å². The van der Waals surface area contributed by atoms with Gasteiger partial charge in [-0.2, -0.15) is 0 Å². The molecule has 2 atom stereocenters. The van der Waals surface area contributed by atoms with Gasteiger partial charge in [-0.05, 0) is 36.5 Å². The van der Waals surface area contributed by atoms with Crippen molar-refractivity contribution in [1.82, 2.24) is 4.90 Å². The SMILES string of the molecule is COC(=O)C[C@H](C)c1ccc(NC(=O)N2CCC[C@H](C(N)=O)C2)cc1. The van der Waals surface area contributed by atoms with Gasteiger partial charge in [0.2, 0.25) is 5.91 Å². The van der Waals surface area contributed by atoms with Gasteiger partial charge in [0.15, 0.2) is 0 Å². The molecule has 1 saturated heterocycles. The Morgan fingerprint density at radius 2 is 2.00 bits per heavy atom. The lowest BCUT2D eigenvalue weighted by Crippen LogP contribution is -2.45. The van der Waals surface area contributed by atoms with E-state index < -0.39 is 0 Å². The lowest BCUT2D eigenvalue weighted by atomic mass is 9.97. The predicted octanol–water partition coefficient (Wildman–Crippen LogP) is 2.08. The van der Waals surface area contributed by atoms with E-state index >= 15 is 0 Å². The monoisotopic (exact) mass is 347 g/mol. The first kappa shape index (κ1) is 18.8. The van der Waals surface area contributed by atoms with E-state index in [9.17, 15) is 14.4 Å². The summed E-state index contributed by atoms with van der Waals surface area (Å²) in [6.07, 6.45) is 1.81. The minimum absolute atomic E-state index is 0.0376. The van der Waals surface area contributed by atoms with Crippen LogP contribution in [0.25, 0.3) is 0 Å². The molecule has 1 aliphatic rings. The summed E-state index contributed by atoms with van der Waals surface area (Å²) < 4.78 is 4.68. The van der Waals surface area contributed by atoms with Gasteiger partial charge in [-0.3, -0.25) is 9.59 Å². The van der Waals surface area contributed by atoms with Crippen LogP contribution in [0.3, 0.4) is 0 Å². The number of hydrogen-bond donors (Lipinski definition) is 2. The van der Waals surface area contributed by atoms with Crippen LogP contribution >= 0.6 is 0 Å². The number of nitrogens with one attached hydrogen (secondary N) is 1. The molecule has 7 heteroatoms. The number of ether oxygens (including phenoxy) is 1. The Morgan fingerprint density at radius 3 is 2.60 bits per heavy atom. The molecule has 1 heterocycles. The number of nitrogens with zero attached hydrogens (tertiary/aromatic N) is 1. The van der Waals surface area contributed by atoms with E-state index in [1.807, 2.05) is 19.1 Å². The Morgan fingerprint density at radius 1 is 1.32 bits per heavy atom. The van der Waals surface area contributed by atoms with Gasteiger partial charge in [0.05, 0.1) is 19.4 Å². The number of rotatable bonds is 5. The third-order valence-corrected chi connectivity index (χ3v) is 4.54. The van der Waals surface area contributed by atoms with Gasteiger partial charge in [-0.1, -0.05) is 19.1 Å².